The van der Waals surface area contributed by atoms with Crippen molar-refractivity contribution in [3.8, 4) is 0 Å². The van der Waals surface area contributed by atoms with Crippen LogP contribution in [0.5, 0.6) is 0 Å². The van der Waals surface area contributed by atoms with Crippen molar-refractivity contribution in [2.45, 2.75) is 32.7 Å². The van der Waals surface area contributed by atoms with Crippen LogP contribution in [0, 0.1) is 17.0 Å². The predicted octanol–water partition coefficient (Wildman–Crippen LogP) is 2.48. The summed E-state index contributed by atoms with van der Waals surface area (Å²) in [5, 5.41) is 23.1. The number of hydrogen-bond acceptors (Lipinski definition) is 4. The first-order chi connectivity index (χ1) is 7.91. The summed E-state index contributed by atoms with van der Waals surface area (Å²) in [5.41, 5.74) is 1.29. The Morgan fingerprint density at radius 1 is 1.53 bits per heavy atom. The van der Waals surface area contributed by atoms with E-state index in [0.29, 0.717) is 0 Å². The molecule has 17 heavy (non-hydrogen) atoms. The molecule has 0 aliphatic carbocycles. The van der Waals surface area contributed by atoms with Gasteiger partial charge in [0.15, 0.2) is 0 Å². The number of hydrogen-bond donors (Lipinski definition) is 2. The Kier molecular flexibility index (Phi) is 4.07. The molecule has 0 aliphatic rings. The molecule has 1 aromatic rings. The van der Waals surface area contributed by atoms with E-state index in [0.717, 1.165) is 17.7 Å². The third-order valence-corrected chi connectivity index (χ3v) is 2.99. The smallest absolute Gasteiger partial charge is 0.269 e. The lowest BCUT2D eigenvalue weighted by atomic mass is 9.99. The number of aryl methyl sites for hydroxylation is 1. The van der Waals surface area contributed by atoms with Gasteiger partial charge in [-0.05, 0) is 31.9 Å². The molecule has 94 valence electrons. The number of rotatable bonds is 5. The molecule has 5 heteroatoms. The zero-order valence-electron chi connectivity index (χ0n) is 10.4. The highest BCUT2D eigenvalue weighted by atomic mass is 16.6. The van der Waals surface area contributed by atoms with Crippen molar-refractivity contribution >= 4 is 11.4 Å². The summed E-state index contributed by atoms with van der Waals surface area (Å²) >= 11 is 0. The Balaban J connectivity index is 2.97. The van der Waals surface area contributed by atoms with Crippen molar-refractivity contribution in [2.24, 2.45) is 0 Å². The minimum absolute atomic E-state index is 0.0138. The van der Waals surface area contributed by atoms with Gasteiger partial charge in [-0.25, -0.2) is 0 Å². The Morgan fingerprint density at radius 3 is 2.59 bits per heavy atom. The lowest BCUT2D eigenvalue weighted by Crippen LogP contribution is -2.38. The number of non-ortho nitro benzene ring substituents is 1. The van der Waals surface area contributed by atoms with Gasteiger partial charge in [0.05, 0.1) is 17.1 Å². The number of nitrogens with one attached hydrogen (secondary N) is 1. The van der Waals surface area contributed by atoms with E-state index in [1.165, 1.54) is 12.1 Å². The van der Waals surface area contributed by atoms with Gasteiger partial charge in [-0.2, -0.15) is 0 Å². The minimum atomic E-state index is -0.415. The molecule has 5 nitrogen and oxygen atoms in total. The molecule has 0 bridgehead atoms. The van der Waals surface area contributed by atoms with Gasteiger partial charge in [0.1, 0.15) is 0 Å². The quantitative estimate of drug-likeness (QED) is 0.610. The average Bonchev–Trinajstić information content (AvgIpc) is 2.31. The van der Waals surface area contributed by atoms with Gasteiger partial charge in [-0.3, -0.25) is 10.1 Å². The minimum Gasteiger partial charge on any atom is -0.394 e. The molecule has 0 spiro atoms. The molecule has 0 amide bonds. The maximum atomic E-state index is 10.6. The summed E-state index contributed by atoms with van der Waals surface area (Å²) in [4.78, 5) is 10.2. The molecule has 0 saturated carbocycles. The van der Waals surface area contributed by atoms with Crippen molar-refractivity contribution < 1.29 is 10.0 Å². The van der Waals surface area contributed by atoms with Crippen LogP contribution >= 0.6 is 0 Å². The monoisotopic (exact) mass is 238 g/mol. The van der Waals surface area contributed by atoms with Crippen LogP contribution in [0.1, 0.15) is 25.8 Å². The van der Waals surface area contributed by atoms with E-state index in [4.69, 9.17) is 0 Å². The lowest BCUT2D eigenvalue weighted by Gasteiger charge is -2.29. The number of nitro groups is 1. The van der Waals surface area contributed by atoms with Crippen LogP contribution in [0.3, 0.4) is 0 Å². The molecular formula is C12H18N2O3. The lowest BCUT2D eigenvalue weighted by molar-refractivity contribution is -0.384. The fraction of sp³-hybridized carbons (Fsp3) is 0.500. The average molecular weight is 238 g/mol. The van der Waals surface area contributed by atoms with Crippen LogP contribution in [-0.4, -0.2) is 22.2 Å². The second-order valence-corrected chi connectivity index (χ2v) is 4.45. The van der Waals surface area contributed by atoms with Gasteiger partial charge in [0, 0.05) is 17.8 Å². The molecule has 0 heterocycles. The van der Waals surface area contributed by atoms with Crippen LogP contribution in [0.15, 0.2) is 18.2 Å². The topological polar surface area (TPSA) is 75.4 Å². The highest BCUT2D eigenvalue weighted by molar-refractivity contribution is 5.56. The van der Waals surface area contributed by atoms with E-state index in [9.17, 15) is 15.2 Å². The van der Waals surface area contributed by atoms with Gasteiger partial charge >= 0.3 is 0 Å². The van der Waals surface area contributed by atoms with Gasteiger partial charge in [-0.1, -0.05) is 6.92 Å². The van der Waals surface area contributed by atoms with Crippen LogP contribution in [0.2, 0.25) is 0 Å². The molecule has 2 N–H and O–H groups in total. The summed E-state index contributed by atoms with van der Waals surface area (Å²) < 4.78 is 0. The van der Waals surface area contributed by atoms with Crippen LogP contribution in [0.4, 0.5) is 11.4 Å². The second kappa shape index (κ2) is 5.14. The highest BCUT2D eigenvalue weighted by Gasteiger charge is 2.21. The van der Waals surface area contributed by atoms with Crippen LogP contribution in [-0.2, 0) is 0 Å². The van der Waals surface area contributed by atoms with E-state index in [-0.39, 0.29) is 12.3 Å². The molecule has 1 unspecified atom stereocenters. The van der Waals surface area contributed by atoms with Crippen molar-refractivity contribution in [1.29, 1.82) is 0 Å². The van der Waals surface area contributed by atoms with E-state index in [1.54, 1.807) is 6.07 Å². The number of anilines is 1. The van der Waals surface area contributed by atoms with Crippen LogP contribution in [0.25, 0.3) is 0 Å². The Morgan fingerprint density at radius 2 is 2.18 bits per heavy atom. The van der Waals surface area contributed by atoms with Crippen molar-refractivity contribution in [2.75, 3.05) is 11.9 Å². The summed E-state index contributed by atoms with van der Waals surface area (Å²) in [6, 6.07) is 4.66. The Bertz CT molecular complexity index is 414. The third kappa shape index (κ3) is 3.17. The number of nitrogens with zero attached hydrogens (tertiary/aromatic N) is 1. The van der Waals surface area contributed by atoms with Crippen molar-refractivity contribution in [1.82, 2.24) is 0 Å². The molecule has 0 aromatic heterocycles. The first-order valence-electron chi connectivity index (χ1n) is 5.56. The van der Waals surface area contributed by atoms with Gasteiger partial charge in [-0.15, -0.1) is 0 Å². The SMILES string of the molecule is CCC(C)(CO)Nc1ccc([N+](=O)[O-])cc1C. The summed E-state index contributed by atoms with van der Waals surface area (Å²) in [6.07, 6.45) is 0.764. The summed E-state index contributed by atoms with van der Waals surface area (Å²) in [7, 11) is 0. The first-order valence-corrected chi connectivity index (χ1v) is 5.56. The van der Waals surface area contributed by atoms with Crippen LogP contribution < -0.4 is 5.32 Å². The number of benzene rings is 1. The fourth-order valence-electron chi connectivity index (χ4n) is 1.47. The predicted molar refractivity (Wildman–Crippen MR) is 67.2 cm³/mol. The van der Waals surface area contributed by atoms with E-state index >= 15 is 0 Å². The molecule has 0 saturated heterocycles. The normalized spacial score (nSPS) is 14.1. The number of aliphatic hydroxyl groups excluding tert-OH is 1. The molecular weight excluding hydrogens is 220 g/mol. The van der Waals surface area contributed by atoms with Gasteiger partial charge in [0.25, 0.3) is 5.69 Å². The molecule has 0 aliphatic heterocycles. The molecule has 0 fully saturated rings. The summed E-state index contributed by atoms with van der Waals surface area (Å²) in [5.74, 6) is 0. The maximum absolute atomic E-state index is 10.6. The fourth-order valence-corrected chi connectivity index (χ4v) is 1.47. The second-order valence-electron chi connectivity index (χ2n) is 4.45. The zero-order chi connectivity index (χ0) is 13.1. The van der Waals surface area contributed by atoms with E-state index in [1.807, 2.05) is 20.8 Å². The van der Waals surface area contributed by atoms with Gasteiger partial charge in [0.2, 0.25) is 0 Å². The van der Waals surface area contributed by atoms with E-state index in [2.05, 4.69) is 5.32 Å². The zero-order valence-corrected chi connectivity index (χ0v) is 10.4. The van der Waals surface area contributed by atoms with E-state index < -0.39 is 10.5 Å². The highest BCUT2D eigenvalue weighted by Crippen LogP contribution is 2.25. The largest absolute Gasteiger partial charge is 0.394 e. The number of nitro benzene ring substituents is 1. The maximum Gasteiger partial charge on any atom is 0.269 e. The third-order valence-electron chi connectivity index (χ3n) is 2.99. The number of aliphatic hydroxyl groups is 1. The Labute approximate surface area is 101 Å². The molecule has 1 atom stereocenters. The van der Waals surface area contributed by atoms with Crippen molar-refractivity contribution in [3.63, 3.8) is 0 Å². The molecule has 1 aromatic carbocycles. The van der Waals surface area contributed by atoms with Crippen molar-refractivity contribution in [3.05, 3.63) is 33.9 Å². The summed E-state index contributed by atoms with van der Waals surface area (Å²) in [6.45, 7) is 5.71. The van der Waals surface area contributed by atoms with Gasteiger partial charge < -0.3 is 10.4 Å². The standard InChI is InChI=1S/C12H18N2O3/c1-4-12(3,8-15)13-11-6-5-10(14(16)17)7-9(11)2/h5-7,13,15H,4,8H2,1-3H3. The molecule has 1 rings (SSSR count). The first kappa shape index (κ1) is 13.4. The Hall–Kier alpha value is -1.62. The molecule has 0 radical (unpaired) electrons.